The SMILES string of the molecule is COC(=O)c1ccc(NC(=O)N2CCN(c3ccc(NC(=O)Nc4cc(C)ccc4OC)cc3)CC2)c(C)c1. The van der Waals surface area contributed by atoms with Crippen molar-refractivity contribution in [2.45, 2.75) is 13.8 Å². The van der Waals surface area contributed by atoms with E-state index < -0.39 is 5.97 Å². The third kappa shape index (κ3) is 6.78. The predicted molar refractivity (Wildman–Crippen MR) is 152 cm³/mol. The summed E-state index contributed by atoms with van der Waals surface area (Å²) in [5.41, 5.74) is 5.16. The Morgan fingerprint density at radius 3 is 2.13 bits per heavy atom. The Balaban J connectivity index is 1.28. The minimum Gasteiger partial charge on any atom is -0.495 e. The van der Waals surface area contributed by atoms with Crippen LogP contribution in [0.4, 0.5) is 32.3 Å². The summed E-state index contributed by atoms with van der Waals surface area (Å²) in [6, 6.07) is 17.7. The van der Waals surface area contributed by atoms with Crippen molar-refractivity contribution in [3.63, 3.8) is 0 Å². The second-order valence-electron chi connectivity index (χ2n) is 9.26. The number of methoxy groups -OCH3 is 2. The van der Waals surface area contributed by atoms with Gasteiger partial charge in [0.2, 0.25) is 0 Å². The summed E-state index contributed by atoms with van der Waals surface area (Å²) in [6.45, 7) is 6.25. The monoisotopic (exact) mass is 531 g/mol. The van der Waals surface area contributed by atoms with Crippen molar-refractivity contribution in [1.82, 2.24) is 4.90 Å². The third-order valence-electron chi connectivity index (χ3n) is 6.55. The first-order chi connectivity index (χ1) is 18.8. The maximum absolute atomic E-state index is 12.8. The maximum atomic E-state index is 12.8. The number of benzene rings is 3. The van der Waals surface area contributed by atoms with Crippen LogP contribution in [0.1, 0.15) is 21.5 Å². The van der Waals surface area contributed by atoms with Crippen LogP contribution in [-0.2, 0) is 4.74 Å². The van der Waals surface area contributed by atoms with Gasteiger partial charge in [0.25, 0.3) is 0 Å². The van der Waals surface area contributed by atoms with Crippen molar-refractivity contribution in [3.8, 4) is 5.75 Å². The number of nitrogens with one attached hydrogen (secondary N) is 3. The van der Waals surface area contributed by atoms with Crippen LogP contribution in [0.25, 0.3) is 0 Å². The summed E-state index contributed by atoms with van der Waals surface area (Å²) < 4.78 is 10.1. The van der Waals surface area contributed by atoms with Gasteiger partial charge < -0.3 is 35.2 Å². The molecule has 0 aliphatic carbocycles. The number of rotatable bonds is 6. The van der Waals surface area contributed by atoms with Crippen molar-refractivity contribution >= 4 is 40.8 Å². The van der Waals surface area contributed by atoms with E-state index in [0.717, 1.165) is 16.8 Å². The zero-order chi connectivity index (χ0) is 27.9. The lowest BCUT2D eigenvalue weighted by Crippen LogP contribution is -2.50. The van der Waals surface area contributed by atoms with Gasteiger partial charge in [-0.25, -0.2) is 14.4 Å². The molecule has 0 radical (unpaired) electrons. The number of carbonyl (C=O) groups is 3. The van der Waals surface area contributed by atoms with E-state index in [-0.39, 0.29) is 12.1 Å². The Morgan fingerprint density at radius 2 is 1.49 bits per heavy atom. The van der Waals surface area contributed by atoms with Gasteiger partial charge in [0, 0.05) is 43.2 Å². The molecule has 4 rings (SSSR count). The van der Waals surface area contributed by atoms with Crippen molar-refractivity contribution in [2.24, 2.45) is 0 Å². The quantitative estimate of drug-likeness (QED) is 0.382. The third-order valence-corrected chi connectivity index (χ3v) is 6.55. The molecule has 0 spiro atoms. The fraction of sp³-hybridized carbons (Fsp3) is 0.276. The Bertz CT molecular complexity index is 1350. The molecule has 1 aliphatic rings. The number of nitrogens with zero attached hydrogens (tertiary/aromatic N) is 2. The Kier molecular flexibility index (Phi) is 8.55. The topological polar surface area (TPSA) is 112 Å². The van der Waals surface area contributed by atoms with E-state index >= 15 is 0 Å². The van der Waals surface area contributed by atoms with Gasteiger partial charge in [-0.15, -0.1) is 0 Å². The van der Waals surface area contributed by atoms with Crippen molar-refractivity contribution < 1.29 is 23.9 Å². The van der Waals surface area contributed by atoms with Crippen molar-refractivity contribution in [3.05, 3.63) is 77.4 Å². The molecule has 3 aromatic carbocycles. The van der Waals surface area contributed by atoms with Crippen molar-refractivity contribution in [1.29, 1.82) is 0 Å². The van der Waals surface area contributed by atoms with E-state index in [4.69, 9.17) is 9.47 Å². The standard InChI is InChI=1S/C29H33N5O5/c1-19-5-12-26(38-3)25(17-19)31-28(36)30-22-7-9-23(10-8-22)33-13-15-34(16-14-33)29(37)32-24-11-6-21(18-20(24)2)27(35)39-4/h5-12,17-18H,13-16H2,1-4H3,(H,32,37)(H2,30,31,36). The highest BCUT2D eigenvalue weighted by Crippen LogP contribution is 2.26. The highest BCUT2D eigenvalue weighted by Gasteiger charge is 2.22. The largest absolute Gasteiger partial charge is 0.495 e. The fourth-order valence-corrected chi connectivity index (χ4v) is 4.37. The maximum Gasteiger partial charge on any atom is 0.337 e. The van der Waals surface area contributed by atoms with Gasteiger partial charge in [0.15, 0.2) is 0 Å². The number of carbonyl (C=O) groups excluding carboxylic acids is 3. The summed E-state index contributed by atoms with van der Waals surface area (Å²) in [4.78, 5) is 41.0. The average Bonchev–Trinajstić information content (AvgIpc) is 2.94. The molecule has 0 atom stereocenters. The first kappa shape index (κ1) is 27.3. The Morgan fingerprint density at radius 1 is 0.769 bits per heavy atom. The summed E-state index contributed by atoms with van der Waals surface area (Å²) in [7, 11) is 2.90. The van der Waals surface area contributed by atoms with Gasteiger partial charge in [-0.2, -0.15) is 0 Å². The fourth-order valence-electron chi connectivity index (χ4n) is 4.37. The van der Waals surface area contributed by atoms with Crippen LogP contribution in [0.5, 0.6) is 5.75 Å². The molecule has 1 aliphatic heterocycles. The number of amides is 4. The lowest BCUT2D eigenvalue weighted by atomic mass is 10.1. The van der Waals surface area contributed by atoms with E-state index in [1.54, 1.807) is 30.2 Å². The number of hydrogen-bond acceptors (Lipinski definition) is 6. The van der Waals surface area contributed by atoms with Crippen LogP contribution in [0.3, 0.4) is 0 Å². The molecule has 1 saturated heterocycles. The van der Waals surface area contributed by atoms with Crippen molar-refractivity contribution in [2.75, 3.05) is 61.2 Å². The van der Waals surface area contributed by atoms with E-state index in [2.05, 4.69) is 20.9 Å². The van der Waals surface area contributed by atoms with Gasteiger partial charge in [-0.1, -0.05) is 6.07 Å². The van der Waals surface area contributed by atoms with Crippen LogP contribution in [0.15, 0.2) is 60.7 Å². The average molecular weight is 532 g/mol. The molecule has 1 fully saturated rings. The molecule has 3 aromatic rings. The molecule has 4 amide bonds. The number of anilines is 4. The van der Waals surface area contributed by atoms with Gasteiger partial charge in [0.1, 0.15) is 5.75 Å². The molecule has 0 aromatic heterocycles. The van der Waals surface area contributed by atoms with Crippen LogP contribution in [0.2, 0.25) is 0 Å². The summed E-state index contributed by atoms with van der Waals surface area (Å²) in [6.07, 6.45) is 0. The lowest BCUT2D eigenvalue weighted by Gasteiger charge is -2.36. The molecule has 39 heavy (non-hydrogen) atoms. The van der Waals surface area contributed by atoms with Crippen LogP contribution < -0.4 is 25.6 Å². The lowest BCUT2D eigenvalue weighted by molar-refractivity contribution is 0.0600. The molecule has 0 unspecified atom stereocenters. The molecule has 0 saturated carbocycles. The van der Waals surface area contributed by atoms with Crippen LogP contribution in [0, 0.1) is 13.8 Å². The molecular formula is C29H33N5O5. The van der Waals surface area contributed by atoms with Gasteiger partial charge in [-0.05, 0) is 79.6 Å². The smallest absolute Gasteiger partial charge is 0.337 e. The first-order valence-electron chi connectivity index (χ1n) is 12.6. The van der Waals surface area contributed by atoms with Crippen LogP contribution in [-0.4, -0.2) is 63.3 Å². The number of hydrogen-bond donors (Lipinski definition) is 3. The Labute approximate surface area is 227 Å². The number of aryl methyl sites for hydroxylation is 2. The minimum atomic E-state index is -0.415. The normalized spacial score (nSPS) is 12.9. The number of piperazine rings is 1. The zero-order valence-electron chi connectivity index (χ0n) is 22.5. The Hall–Kier alpha value is -4.73. The summed E-state index contributed by atoms with van der Waals surface area (Å²) in [5.74, 6) is 0.174. The molecule has 10 heteroatoms. The first-order valence-corrected chi connectivity index (χ1v) is 12.6. The number of urea groups is 2. The summed E-state index contributed by atoms with van der Waals surface area (Å²) >= 11 is 0. The second-order valence-corrected chi connectivity index (χ2v) is 9.26. The highest BCUT2D eigenvalue weighted by molar-refractivity contribution is 6.00. The molecule has 0 bridgehead atoms. The zero-order valence-corrected chi connectivity index (χ0v) is 22.5. The minimum absolute atomic E-state index is 0.181. The van der Waals surface area contributed by atoms with Gasteiger partial charge in [-0.3, -0.25) is 0 Å². The van der Waals surface area contributed by atoms with E-state index in [0.29, 0.717) is 54.6 Å². The number of esters is 1. The number of ether oxygens (including phenoxy) is 2. The molecular weight excluding hydrogens is 498 g/mol. The van der Waals surface area contributed by atoms with Gasteiger partial charge >= 0.3 is 18.0 Å². The van der Waals surface area contributed by atoms with E-state index in [1.807, 2.05) is 56.3 Å². The highest BCUT2D eigenvalue weighted by atomic mass is 16.5. The molecule has 10 nitrogen and oxygen atoms in total. The molecule has 1 heterocycles. The van der Waals surface area contributed by atoms with E-state index in [1.165, 1.54) is 7.11 Å². The van der Waals surface area contributed by atoms with Gasteiger partial charge in [0.05, 0.1) is 25.5 Å². The molecule has 3 N–H and O–H groups in total. The van der Waals surface area contributed by atoms with Crippen LogP contribution >= 0.6 is 0 Å². The molecule has 204 valence electrons. The predicted octanol–water partition coefficient (Wildman–Crippen LogP) is 5.10. The second kappa shape index (κ2) is 12.2. The van der Waals surface area contributed by atoms with E-state index in [9.17, 15) is 14.4 Å². The summed E-state index contributed by atoms with van der Waals surface area (Å²) in [5, 5.41) is 8.60.